The van der Waals surface area contributed by atoms with Gasteiger partial charge in [0.05, 0.1) is 10.5 Å². The van der Waals surface area contributed by atoms with Crippen molar-refractivity contribution in [2.45, 2.75) is 31.6 Å². The molecule has 7 nitrogen and oxygen atoms in total. The smallest absolute Gasteiger partial charge is 0.338 e. The van der Waals surface area contributed by atoms with E-state index in [-0.39, 0.29) is 28.9 Å². The summed E-state index contributed by atoms with van der Waals surface area (Å²) < 4.78 is 31.7. The minimum absolute atomic E-state index is 0.0813. The fourth-order valence-electron chi connectivity index (χ4n) is 2.40. The van der Waals surface area contributed by atoms with Crippen molar-refractivity contribution in [3.63, 3.8) is 0 Å². The lowest BCUT2D eigenvalue weighted by Gasteiger charge is -2.15. The molecule has 8 heteroatoms. The minimum atomic E-state index is -3.60. The molecule has 2 rings (SSSR count). The van der Waals surface area contributed by atoms with E-state index in [0.29, 0.717) is 19.6 Å². The molecular weight excluding hydrogens is 344 g/mol. The molecule has 25 heavy (non-hydrogen) atoms. The molecule has 1 amide bonds. The van der Waals surface area contributed by atoms with Crippen molar-refractivity contribution >= 4 is 21.9 Å². The van der Waals surface area contributed by atoms with Crippen molar-refractivity contribution < 1.29 is 22.7 Å². The van der Waals surface area contributed by atoms with E-state index >= 15 is 0 Å². The Kier molecular flexibility index (Phi) is 6.55. The van der Waals surface area contributed by atoms with Gasteiger partial charge in [-0.2, -0.15) is 0 Å². The van der Waals surface area contributed by atoms with Gasteiger partial charge in [0.25, 0.3) is 5.91 Å². The summed E-state index contributed by atoms with van der Waals surface area (Å²) >= 11 is 0. The number of carbonyl (C=O) groups is 2. The van der Waals surface area contributed by atoms with Crippen LogP contribution in [0.2, 0.25) is 0 Å². The molecule has 0 saturated carbocycles. The molecule has 1 heterocycles. The van der Waals surface area contributed by atoms with Gasteiger partial charge in [-0.05, 0) is 43.0 Å². The quantitative estimate of drug-likeness (QED) is 0.735. The number of carbonyl (C=O) groups excluding carboxylic acids is 2. The van der Waals surface area contributed by atoms with Crippen molar-refractivity contribution in [2.24, 2.45) is 5.92 Å². The van der Waals surface area contributed by atoms with E-state index in [9.17, 15) is 18.0 Å². The maximum atomic E-state index is 12.1. The molecule has 1 aliphatic heterocycles. The standard InChI is InChI=1S/C17H24N2O5S/c1-13(2)11-18-25(22,23)15-7-5-14(6-8-15)17(21)24-12-16(20)19-9-3-4-10-19/h5-8,13,18H,3-4,9-12H2,1-2H3. The van der Waals surface area contributed by atoms with Crippen LogP contribution in [0, 0.1) is 5.92 Å². The van der Waals surface area contributed by atoms with E-state index in [1.807, 2.05) is 13.8 Å². The van der Waals surface area contributed by atoms with Crippen LogP contribution in [0.1, 0.15) is 37.0 Å². The van der Waals surface area contributed by atoms with Gasteiger partial charge >= 0.3 is 5.97 Å². The topological polar surface area (TPSA) is 92.8 Å². The van der Waals surface area contributed by atoms with Crippen LogP contribution in [0.25, 0.3) is 0 Å². The lowest BCUT2D eigenvalue weighted by molar-refractivity contribution is -0.133. The molecule has 0 bridgehead atoms. The van der Waals surface area contributed by atoms with Crippen molar-refractivity contribution in [3.8, 4) is 0 Å². The number of nitrogens with one attached hydrogen (secondary N) is 1. The van der Waals surface area contributed by atoms with Gasteiger partial charge < -0.3 is 9.64 Å². The lowest BCUT2D eigenvalue weighted by Crippen LogP contribution is -2.32. The molecule has 1 aromatic carbocycles. The van der Waals surface area contributed by atoms with E-state index in [2.05, 4.69) is 4.72 Å². The second-order valence-electron chi connectivity index (χ2n) is 6.43. The first-order valence-corrected chi connectivity index (χ1v) is 9.82. The number of hydrogen-bond acceptors (Lipinski definition) is 5. The first-order chi connectivity index (χ1) is 11.8. The molecule has 1 aliphatic rings. The van der Waals surface area contributed by atoms with Gasteiger partial charge in [-0.25, -0.2) is 17.9 Å². The third-order valence-electron chi connectivity index (χ3n) is 3.87. The van der Waals surface area contributed by atoms with Crippen LogP contribution in [0.4, 0.5) is 0 Å². The van der Waals surface area contributed by atoms with Crippen LogP contribution in [-0.4, -0.2) is 51.4 Å². The van der Waals surface area contributed by atoms with Gasteiger partial charge in [-0.15, -0.1) is 0 Å². The largest absolute Gasteiger partial charge is 0.452 e. The van der Waals surface area contributed by atoms with E-state index in [1.54, 1.807) is 4.90 Å². The van der Waals surface area contributed by atoms with Crippen LogP contribution in [0.3, 0.4) is 0 Å². The molecule has 1 saturated heterocycles. The number of esters is 1. The highest BCUT2D eigenvalue weighted by molar-refractivity contribution is 7.89. The summed E-state index contributed by atoms with van der Waals surface area (Å²) in [7, 11) is -3.60. The van der Waals surface area contributed by atoms with Crippen LogP contribution in [-0.2, 0) is 19.6 Å². The molecular formula is C17H24N2O5S. The zero-order valence-corrected chi connectivity index (χ0v) is 15.3. The summed E-state index contributed by atoms with van der Waals surface area (Å²) in [5.41, 5.74) is 0.206. The van der Waals surface area contributed by atoms with Crippen LogP contribution in [0.5, 0.6) is 0 Å². The van der Waals surface area contributed by atoms with E-state index < -0.39 is 16.0 Å². The number of likely N-dealkylation sites (tertiary alicyclic amines) is 1. The van der Waals surface area contributed by atoms with E-state index in [1.165, 1.54) is 24.3 Å². The predicted molar refractivity (Wildman–Crippen MR) is 92.6 cm³/mol. The zero-order chi connectivity index (χ0) is 18.4. The van der Waals surface area contributed by atoms with Crippen molar-refractivity contribution in [1.29, 1.82) is 0 Å². The Balaban J connectivity index is 1.92. The average molecular weight is 368 g/mol. The third kappa shape index (κ3) is 5.54. The number of ether oxygens (including phenoxy) is 1. The average Bonchev–Trinajstić information content (AvgIpc) is 3.12. The van der Waals surface area contributed by atoms with E-state index in [4.69, 9.17) is 4.74 Å². The second kappa shape index (κ2) is 8.44. The number of benzene rings is 1. The highest BCUT2D eigenvalue weighted by atomic mass is 32.2. The highest BCUT2D eigenvalue weighted by Gasteiger charge is 2.20. The lowest BCUT2D eigenvalue weighted by atomic mass is 10.2. The fraction of sp³-hybridized carbons (Fsp3) is 0.529. The molecule has 138 valence electrons. The fourth-order valence-corrected chi connectivity index (χ4v) is 3.61. The Labute approximate surface area is 148 Å². The van der Waals surface area contributed by atoms with Crippen LogP contribution in [0.15, 0.2) is 29.2 Å². The van der Waals surface area contributed by atoms with Gasteiger partial charge in [0.1, 0.15) is 0 Å². The second-order valence-corrected chi connectivity index (χ2v) is 8.20. The van der Waals surface area contributed by atoms with Gasteiger partial charge in [-0.1, -0.05) is 13.8 Å². The summed E-state index contributed by atoms with van der Waals surface area (Å²) in [4.78, 5) is 25.6. The third-order valence-corrected chi connectivity index (χ3v) is 5.31. The highest BCUT2D eigenvalue weighted by Crippen LogP contribution is 2.12. The number of nitrogens with zero attached hydrogens (tertiary/aromatic N) is 1. The number of sulfonamides is 1. The molecule has 1 fully saturated rings. The predicted octanol–water partition coefficient (Wildman–Crippen LogP) is 1.40. The van der Waals surface area contributed by atoms with Gasteiger partial charge in [0.15, 0.2) is 6.61 Å². The molecule has 0 atom stereocenters. The summed E-state index contributed by atoms with van der Waals surface area (Å²) in [6.07, 6.45) is 1.95. The summed E-state index contributed by atoms with van der Waals surface area (Å²) in [5, 5.41) is 0. The normalized spacial score (nSPS) is 14.8. The molecule has 0 aliphatic carbocycles. The van der Waals surface area contributed by atoms with Gasteiger partial charge in [0, 0.05) is 19.6 Å². The molecule has 0 spiro atoms. The number of amides is 1. The zero-order valence-electron chi connectivity index (χ0n) is 14.5. The summed E-state index contributed by atoms with van der Waals surface area (Å²) in [5.74, 6) is -0.660. The van der Waals surface area contributed by atoms with Crippen LogP contribution < -0.4 is 4.72 Å². The number of hydrogen-bond donors (Lipinski definition) is 1. The summed E-state index contributed by atoms with van der Waals surface area (Å²) in [6.45, 7) is 5.26. The Morgan fingerprint density at radius 2 is 1.76 bits per heavy atom. The maximum Gasteiger partial charge on any atom is 0.338 e. The SMILES string of the molecule is CC(C)CNS(=O)(=O)c1ccc(C(=O)OCC(=O)N2CCCC2)cc1. The Hall–Kier alpha value is -1.93. The minimum Gasteiger partial charge on any atom is -0.452 e. The molecule has 0 aromatic heterocycles. The Morgan fingerprint density at radius 1 is 1.16 bits per heavy atom. The number of rotatable bonds is 7. The molecule has 0 unspecified atom stereocenters. The molecule has 1 N–H and O–H groups in total. The van der Waals surface area contributed by atoms with Crippen molar-refractivity contribution in [3.05, 3.63) is 29.8 Å². The monoisotopic (exact) mass is 368 g/mol. The molecule has 0 radical (unpaired) electrons. The van der Waals surface area contributed by atoms with Crippen LogP contribution >= 0.6 is 0 Å². The maximum absolute atomic E-state index is 12.1. The summed E-state index contributed by atoms with van der Waals surface area (Å²) in [6, 6.07) is 5.46. The van der Waals surface area contributed by atoms with Crippen molar-refractivity contribution in [1.82, 2.24) is 9.62 Å². The van der Waals surface area contributed by atoms with Crippen molar-refractivity contribution in [2.75, 3.05) is 26.2 Å². The Morgan fingerprint density at radius 3 is 2.32 bits per heavy atom. The van der Waals surface area contributed by atoms with Gasteiger partial charge in [0.2, 0.25) is 10.0 Å². The molecule has 1 aromatic rings. The first kappa shape index (κ1) is 19.4. The Bertz CT molecular complexity index is 707. The first-order valence-electron chi connectivity index (χ1n) is 8.34. The van der Waals surface area contributed by atoms with Gasteiger partial charge in [-0.3, -0.25) is 4.79 Å². The van der Waals surface area contributed by atoms with E-state index in [0.717, 1.165) is 12.8 Å².